The van der Waals surface area contributed by atoms with Gasteiger partial charge >= 0.3 is 6.18 Å². The van der Waals surface area contributed by atoms with Crippen LogP contribution in [0.25, 0.3) is 10.9 Å². The van der Waals surface area contributed by atoms with E-state index in [2.05, 4.69) is 9.97 Å². The lowest BCUT2D eigenvalue weighted by molar-refractivity contribution is -0.138. The third-order valence-corrected chi connectivity index (χ3v) is 5.28. The van der Waals surface area contributed by atoms with E-state index < -0.39 is 17.3 Å². The average Bonchev–Trinajstić information content (AvgIpc) is 2.74. The lowest BCUT2D eigenvalue weighted by Crippen LogP contribution is -2.28. The molecule has 0 saturated carbocycles. The van der Waals surface area contributed by atoms with Crippen molar-refractivity contribution in [3.63, 3.8) is 0 Å². The maximum atomic E-state index is 13.1. The largest absolute Gasteiger partial charge is 0.486 e. The van der Waals surface area contributed by atoms with Gasteiger partial charge in [0.25, 0.3) is 5.56 Å². The zero-order valence-electron chi connectivity index (χ0n) is 16.9. The van der Waals surface area contributed by atoms with Gasteiger partial charge in [0.1, 0.15) is 23.4 Å². The van der Waals surface area contributed by atoms with Crippen LogP contribution >= 0.6 is 11.6 Å². The fourth-order valence-corrected chi connectivity index (χ4v) is 3.54. The highest BCUT2D eigenvalue weighted by atomic mass is 35.5. The minimum Gasteiger partial charge on any atom is -0.486 e. The van der Waals surface area contributed by atoms with Gasteiger partial charge < -0.3 is 9.30 Å². The van der Waals surface area contributed by atoms with Crippen LogP contribution in [-0.2, 0) is 19.3 Å². The molecular formula is C23H17ClF3N3O2. The van der Waals surface area contributed by atoms with Crippen molar-refractivity contribution in [2.24, 2.45) is 0 Å². The molecule has 3 heterocycles. The van der Waals surface area contributed by atoms with Crippen LogP contribution in [0.1, 0.15) is 22.5 Å². The number of pyridine rings is 3. The number of halogens is 4. The van der Waals surface area contributed by atoms with Gasteiger partial charge in [0.15, 0.2) is 0 Å². The Hall–Kier alpha value is -3.39. The molecule has 0 N–H and O–H groups in total. The number of hydrogen-bond acceptors (Lipinski definition) is 4. The third kappa shape index (κ3) is 4.45. The van der Waals surface area contributed by atoms with Crippen LogP contribution in [0, 0.1) is 6.92 Å². The topological polar surface area (TPSA) is 57.0 Å². The van der Waals surface area contributed by atoms with Crippen molar-refractivity contribution in [3.8, 4) is 5.75 Å². The van der Waals surface area contributed by atoms with Crippen molar-refractivity contribution >= 4 is 22.5 Å². The Morgan fingerprint density at radius 3 is 2.69 bits per heavy atom. The Balaban J connectivity index is 1.66. The first-order valence-corrected chi connectivity index (χ1v) is 10.00. The van der Waals surface area contributed by atoms with E-state index in [9.17, 15) is 18.0 Å². The third-order valence-electron chi connectivity index (χ3n) is 4.93. The van der Waals surface area contributed by atoms with Crippen molar-refractivity contribution in [2.45, 2.75) is 26.3 Å². The molecule has 0 aliphatic carbocycles. The highest BCUT2D eigenvalue weighted by Crippen LogP contribution is 2.28. The number of hydrogen-bond donors (Lipinski definition) is 0. The fraction of sp³-hybridized carbons (Fsp3) is 0.174. The first-order valence-electron chi connectivity index (χ1n) is 9.62. The van der Waals surface area contributed by atoms with Crippen molar-refractivity contribution < 1.29 is 17.9 Å². The van der Waals surface area contributed by atoms with Crippen LogP contribution in [0.4, 0.5) is 13.2 Å². The van der Waals surface area contributed by atoms with Gasteiger partial charge in [-0.1, -0.05) is 29.8 Å². The van der Waals surface area contributed by atoms with Crippen LogP contribution in [0.5, 0.6) is 5.75 Å². The van der Waals surface area contributed by atoms with Crippen molar-refractivity contribution in [1.82, 2.24) is 14.5 Å². The van der Waals surface area contributed by atoms with E-state index in [1.54, 1.807) is 12.1 Å². The van der Waals surface area contributed by atoms with Crippen molar-refractivity contribution in [1.29, 1.82) is 0 Å². The van der Waals surface area contributed by atoms with E-state index in [0.29, 0.717) is 27.5 Å². The second kappa shape index (κ2) is 8.63. The molecule has 0 spiro atoms. The zero-order valence-corrected chi connectivity index (χ0v) is 17.6. The summed E-state index contributed by atoms with van der Waals surface area (Å²) in [4.78, 5) is 21.1. The molecule has 0 radical (unpaired) electrons. The molecule has 4 aromatic rings. The van der Waals surface area contributed by atoms with E-state index in [0.717, 1.165) is 21.7 Å². The van der Waals surface area contributed by atoms with Crippen LogP contribution in [0.15, 0.2) is 65.7 Å². The molecule has 0 unspecified atom stereocenters. The molecule has 1 aromatic carbocycles. The summed E-state index contributed by atoms with van der Waals surface area (Å²) in [7, 11) is 0. The molecule has 0 amide bonds. The van der Waals surface area contributed by atoms with Gasteiger partial charge in [0.2, 0.25) is 0 Å². The number of alkyl halides is 3. The Labute approximate surface area is 186 Å². The summed E-state index contributed by atoms with van der Waals surface area (Å²) in [6, 6.07) is 12.8. The summed E-state index contributed by atoms with van der Waals surface area (Å²) in [5.74, 6) is 0.535. The SMILES string of the molecule is Cc1ccc2cccc(OCc3c(Cl)ccnc3Cn3cccc(C(F)(F)F)c3=O)c2n1. The number of fused-ring (bicyclic) bond motifs is 1. The van der Waals surface area contributed by atoms with Gasteiger partial charge in [0.05, 0.1) is 17.3 Å². The molecule has 0 fully saturated rings. The molecule has 0 aliphatic rings. The highest BCUT2D eigenvalue weighted by Gasteiger charge is 2.34. The Morgan fingerprint density at radius 1 is 1.09 bits per heavy atom. The second-order valence-electron chi connectivity index (χ2n) is 7.14. The molecule has 0 aliphatic heterocycles. The molecule has 164 valence electrons. The molecule has 0 bridgehead atoms. The number of aryl methyl sites for hydroxylation is 1. The number of benzene rings is 1. The quantitative estimate of drug-likeness (QED) is 0.401. The lowest BCUT2D eigenvalue weighted by Gasteiger charge is -2.15. The second-order valence-corrected chi connectivity index (χ2v) is 7.55. The van der Waals surface area contributed by atoms with Crippen LogP contribution in [0.3, 0.4) is 0 Å². The highest BCUT2D eigenvalue weighted by molar-refractivity contribution is 6.31. The first kappa shape index (κ1) is 21.8. The Bertz CT molecular complexity index is 1350. The van der Waals surface area contributed by atoms with Gasteiger partial charge in [-0.05, 0) is 37.3 Å². The standard InChI is InChI=1S/C23H17ClF3N3O2/c1-14-7-8-15-4-2-6-20(21(15)29-14)32-13-16-18(24)9-10-28-19(16)12-30-11-3-5-17(22(30)31)23(25,26)27/h2-11H,12-13H2,1H3. The number of rotatable bonds is 5. The molecule has 4 rings (SSSR count). The molecule has 0 saturated heterocycles. The number of aromatic nitrogens is 3. The summed E-state index contributed by atoms with van der Waals surface area (Å²) >= 11 is 6.35. The van der Waals surface area contributed by atoms with E-state index in [1.807, 2.05) is 31.2 Å². The van der Waals surface area contributed by atoms with E-state index in [4.69, 9.17) is 16.3 Å². The predicted molar refractivity (Wildman–Crippen MR) is 115 cm³/mol. The predicted octanol–water partition coefficient (Wildman–Crippen LogP) is 5.40. The lowest BCUT2D eigenvalue weighted by atomic mass is 10.1. The average molecular weight is 460 g/mol. The number of ether oxygens (including phenoxy) is 1. The Morgan fingerprint density at radius 2 is 1.91 bits per heavy atom. The van der Waals surface area contributed by atoms with Crippen molar-refractivity contribution in [2.75, 3.05) is 0 Å². The van der Waals surface area contributed by atoms with Gasteiger partial charge in [-0.25, -0.2) is 4.98 Å². The summed E-state index contributed by atoms with van der Waals surface area (Å²) in [6.45, 7) is 1.69. The molecule has 3 aromatic heterocycles. The summed E-state index contributed by atoms with van der Waals surface area (Å²) in [5.41, 5.74) is -0.0634. The summed E-state index contributed by atoms with van der Waals surface area (Å²) in [5, 5.41) is 1.24. The Kier molecular flexibility index (Phi) is 5.88. The zero-order chi connectivity index (χ0) is 22.9. The molecule has 0 atom stereocenters. The van der Waals surface area contributed by atoms with Crippen LogP contribution in [0.2, 0.25) is 5.02 Å². The van der Waals surface area contributed by atoms with Crippen molar-refractivity contribution in [3.05, 3.63) is 98.8 Å². The minimum atomic E-state index is -4.74. The molecule has 5 nitrogen and oxygen atoms in total. The minimum absolute atomic E-state index is 0.00442. The maximum Gasteiger partial charge on any atom is 0.421 e. The van der Waals surface area contributed by atoms with E-state index >= 15 is 0 Å². The monoisotopic (exact) mass is 459 g/mol. The molecular weight excluding hydrogens is 443 g/mol. The van der Waals surface area contributed by atoms with E-state index in [1.165, 1.54) is 18.5 Å². The number of nitrogens with zero attached hydrogens (tertiary/aromatic N) is 3. The fourth-order valence-electron chi connectivity index (χ4n) is 3.32. The van der Waals surface area contributed by atoms with Gasteiger partial charge in [-0.2, -0.15) is 13.2 Å². The molecule has 32 heavy (non-hydrogen) atoms. The van der Waals surface area contributed by atoms with E-state index in [-0.39, 0.29) is 13.2 Å². The number of para-hydroxylation sites is 1. The van der Waals surface area contributed by atoms with Gasteiger partial charge in [-0.15, -0.1) is 0 Å². The first-order chi connectivity index (χ1) is 15.2. The summed E-state index contributed by atoms with van der Waals surface area (Å²) in [6.07, 6.45) is -2.03. The normalized spacial score (nSPS) is 11.7. The molecule has 9 heteroatoms. The van der Waals surface area contributed by atoms with Crippen LogP contribution < -0.4 is 10.3 Å². The van der Waals surface area contributed by atoms with Gasteiger partial charge in [-0.3, -0.25) is 9.78 Å². The maximum absolute atomic E-state index is 13.1. The van der Waals surface area contributed by atoms with Crippen LogP contribution in [-0.4, -0.2) is 14.5 Å². The summed E-state index contributed by atoms with van der Waals surface area (Å²) < 4.78 is 46.2. The van der Waals surface area contributed by atoms with Gasteiger partial charge in [0, 0.05) is 29.0 Å². The smallest absolute Gasteiger partial charge is 0.421 e.